The Balaban J connectivity index is 2.21. The van der Waals surface area contributed by atoms with Crippen LogP contribution >= 0.6 is 27.5 Å². The van der Waals surface area contributed by atoms with Gasteiger partial charge in [-0.3, -0.25) is 4.98 Å². The lowest BCUT2D eigenvalue weighted by Crippen LogP contribution is -2.19. The van der Waals surface area contributed by atoms with Crippen LogP contribution in [0.4, 0.5) is 0 Å². The molecule has 0 aliphatic carbocycles. The Bertz CT molecular complexity index is 555. The van der Waals surface area contributed by atoms with E-state index in [1.165, 1.54) is 5.56 Å². The lowest BCUT2D eigenvalue weighted by atomic mass is 10.00. The van der Waals surface area contributed by atoms with Gasteiger partial charge in [0.25, 0.3) is 0 Å². The Morgan fingerprint density at radius 3 is 2.68 bits per heavy atom. The maximum absolute atomic E-state index is 6.27. The van der Waals surface area contributed by atoms with Crippen molar-refractivity contribution in [1.82, 2.24) is 10.3 Å². The lowest BCUT2D eigenvalue weighted by molar-refractivity contribution is 0.589. The van der Waals surface area contributed by atoms with Gasteiger partial charge in [-0.15, -0.1) is 0 Å². The summed E-state index contributed by atoms with van der Waals surface area (Å²) in [6.07, 6.45) is 2.76. The fourth-order valence-electron chi connectivity index (χ4n) is 1.98. The van der Waals surface area contributed by atoms with Gasteiger partial charge in [-0.05, 0) is 49.7 Å². The van der Waals surface area contributed by atoms with Crippen molar-refractivity contribution in [3.63, 3.8) is 0 Å². The predicted molar refractivity (Wildman–Crippen MR) is 83.6 cm³/mol. The smallest absolute Gasteiger partial charge is 0.0449 e. The molecule has 0 aliphatic heterocycles. The Labute approximate surface area is 127 Å². The number of likely N-dealkylation sites (N-methyl/N-ethyl adjacent to an activating group) is 1. The number of nitrogens with one attached hydrogen (secondary N) is 1. The Morgan fingerprint density at radius 2 is 2.11 bits per heavy atom. The van der Waals surface area contributed by atoms with E-state index in [0.717, 1.165) is 27.2 Å². The van der Waals surface area contributed by atoms with Crippen LogP contribution in [0.1, 0.15) is 22.9 Å². The number of benzene rings is 1. The van der Waals surface area contributed by atoms with Crippen molar-refractivity contribution in [2.24, 2.45) is 0 Å². The third-order valence-electron chi connectivity index (χ3n) is 3.12. The molecular formula is C15H16BrClN2. The van der Waals surface area contributed by atoms with Crippen molar-refractivity contribution in [3.05, 3.63) is 62.8 Å². The average Bonchev–Trinajstić information content (AvgIpc) is 2.39. The van der Waals surface area contributed by atoms with Crippen LogP contribution < -0.4 is 5.32 Å². The summed E-state index contributed by atoms with van der Waals surface area (Å²) in [7, 11) is 1.96. The molecule has 0 radical (unpaired) electrons. The fourth-order valence-corrected chi connectivity index (χ4v) is 2.73. The number of rotatable bonds is 4. The van der Waals surface area contributed by atoms with Gasteiger partial charge in [-0.25, -0.2) is 0 Å². The van der Waals surface area contributed by atoms with Crippen LogP contribution in [0.15, 0.2) is 41.0 Å². The largest absolute Gasteiger partial charge is 0.313 e. The topological polar surface area (TPSA) is 24.9 Å². The number of nitrogens with zero attached hydrogens (tertiary/aromatic N) is 1. The molecule has 1 unspecified atom stereocenters. The quantitative estimate of drug-likeness (QED) is 0.898. The Morgan fingerprint density at radius 1 is 1.32 bits per heavy atom. The molecular weight excluding hydrogens is 324 g/mol. The van der Waals surface area contributed by atoms with Gasteiger partial charge in [0.15, 0.2) is 0 Å². The monoisotopic (exact) mass is 338 g/mol. The first-order valence-electron chi connectivity index (χ1n) is 6.14. The van der Waals surface area contributed by atoms with E-state index < -0.39 is 0 Å². The molecule has 1 heterocycles. The molecule has 1 aromatic heterocycles. The van der Waals surface area contributed by atoms with Gasteiger partial charge < -0.3 is 5.32 Å². The molecule has 1 N–H and O–H groups in total. The molecule has 1 aromatic carbocycles. The highest BCUT2D eigenvalue weighted by Crippen LogP contribution is 2.26. The third-order valence-corrected chi connectivity index (χ3v) is 3.97. The van der Waals surface area contributed by atoms with Crippen LogP contribution in [0.5, 0.6) is 0 Å². The zero-order valence-corrected chi connectivity index (χ0v) is 13.3. The van der Waals surface area contributed by atoms with E-state index in [2.05, 4.69) is 38.4 Å². The lowest BCUT2D eigenvalue weighted by Gasteiger charge is -2.17. The maximum atomic E-state index is 6.27. The number of aromatic nitrogens is 1. The first kappa shape index (κ1) is 14.5. The van der Waals surface area contributed by atoms with Gasteiger partial charge in [-0.1, -0.05) is 39.7 Å². The highest BCUT2D eigenvalue weighted by Gasteiger charge is 2.12. The van der Waals surface area contributed by atoms with Crippen LogP contribution in [0, 0.1) is 6.92 Å². The second kappa shape index (κ2) is 6.51. The van der Waals surface area contributed by atoms with Crippen LogP contribution in [-0.4, -0.2) is 12.0 Å². The van der Waals surface area contributed by atoms with Gasteiger partial charge in [0.1, 0.15) is 0 Å². The van der Waals surface area contributed by atoms with Crippen molar-refractivity contribution in [1.29, 1.82) is 0 Å². The third kappa shape index (κ3) is 3.78. The van der Waals surface area contributed by atoms with Crippen LogP contribution in [0.25, 0.3) is 0 Å². The number of aryl methyl sites for hydroxylation is 1. The van der Waals surface area contributed by atoms with E-state index in [1.54, 1.807) is 0 Å². The first-order chi connectivity index (χ1) is 9.10. The zero-order chi connectivity index (χ0) is 13.8. The summed E-state index contributed by atoms with van der Waals surface area (Å²) < 4.78 is 0.999. The summed E-state index contributed by atoms with van der Waals surface area (Å²) >= 11 is 9.69. The van der Waals surface area contributed by atoms with Crippen LogP contribution in [0.2, 0.25) is 5.02 Å². The van der Waals surface area contributed by atoms with E-state index in [1.807, 2.05) is 38.4 Å². The van der Waals surface area contributed by atoms with Crippen LogP contribution in [0.3, 0.4) is 0 Å². The molecule has 0 saturated carbocycles. The normalized spacial score (nSPS) is 12.4. The molecule has 0 spiro atoms. The summed E-state index contributed by atoms with van der Waals surface area (Å²) in [5.74, 6) is 0. The van der Waals surface area contributed by atoms with Gasteiger partial charge in [0, 0.05) is 27.4 Å². The molecule has 19 heavy (non-hydrogen) atoms. The molecule has 2 nitrogen and oxygen atoms in total. The Hall–Kier alpha value is -0.900. The minimum absolute atomic E-state index is 0.215. The summed E-state index contributed by atoms with van der Waals surface area (Å²) in [6, 6.07) is 10.3. The molecule has 0 bridgehead atoms. The van der Waals surface area contributed by atoms with Crippen molar-refractivity contribution >= 4 is 27.5 Å². The predicted octanol–water partition coefficient (Wildman–Crippen LogP) is 4.31. The highest BCUT2D eigenvalue weighted by molar-refractivity contribution is 9.10. The van der Waals surface area contributed by atoms with Crippen molar-refractivity contribution in [2.45, 2.75) is 19.4 Å². The molecule has 2 aromatic rings. The number of hydrogen-bond acceptors (Lipinski definition) is 2. The number of halogens is 2. The van der Waals surface area contributed by atoms with Crippen molar-refractivity contribution in [2.75, 3.05) is 7.05 Å². The molecule has 0 fully saturated rings. The fraction of sp³-hybridized carbons (Fsp3) is 0.267. The number of hydrogen-bond donors (Lipinski definition) is 1. The van der Waals surface area contributed by atoms with E-state index in [9.17, 15) is 0 Å². The summed E-state index contributed by atoms with van der Waals surface area (Å²) in [5, 5.41) is 4.10. The minimum Gasteiger partial charge on any atom is -0.313 e. The van der Waals surface area contributed by atoms with E-state index in [-0.39, 0.29) is 6.04 Å². The van der Waals surface area contributed by atoms with E-state index in [4.69, 9.17) is 11.6 Å². The van der Waals surface area contributed by atoms with Gasteiger partial charge in [0.05, 0.1) is 0 Å². The molecule has 1 atom stereocenters. The van der Waals surface area contributed by atoms with E-state index in [0.29, 0.717) is 0 Å². The van der Waals surface area contributed by atoms with Gasteiger partial charge >= 0.3 is 0 Å². The average molecular weight is 340 g/mol. The first-order valence-corrected chi connectivity index (χ1v) is 7.31. The molecule has 0 saturated heterocycles. The summed E-state index contributed by atoms with van der Waals surface area (Å²) in [4.78, 5) is 4.35. The zero-order valence-electron chi connectivity index (χ0n) is 11.0. The van der Waals surface area contributed by atoms with Gasteiger partial charge in [-0.2, -0.15) is 0 Å². The summed E-state index contributed by atoms with van der Waals surface area (Å²) in [5.41, 5.74) is 3.33. The molecule has 0 amide bonds. The van der Waals surface area contributed by atoms with Crippen molar-refractivity contribution in [3.8, 4) is 0 Å². The molecule has 2 rings (SSSR count). The molecule has 100 valence electrons. The Kier molecular flexibility index (Phi) is 4.97. The van der Waals surface area contributed by atoms with Crippen LogP contribution in [-0.2, 0) is 6.42 Å². The van der Waals surface area contributed by atoms with Gasteiger partial charge in [0.2, 0.25) is 0 Å². The highest BCUT2D eigenvalue weighted by atomic mass is 79.9. The minimum atomic E-state index is 0.215. The molecule has 0 aliphatic rings. The maximum Gasteiger partial charge on any atom is 0.0449 e. The summed E-state index contributed by atoms with van der Waals surface area (Å²) in [6.45, 7) is 1.99. The second-order valence-electron chi connectivity index (χ2n) is 4.51. The van der Waals surface area contributed by atoms with Crippen molar-refractivity contribution < 1.29 is 0 Å². The SMILES string of the molecule is CNC(Cc1ccc(Br)cc1Cl)c1ccc(C)nc1. The second-order valence-corrected chi connectivity index (χ2v) is 5.84. The standard InChI is InChI=1S/C15H16BrClN2/c1-10-3-4-12(9-19-10)15(18-2)7-11-5-6-13(16)8-14(11)17/h3-6,8-9,15,18H,7H2,1-2H3. The number of pyridine rings is 1. The van der Waals surface area contributed by atoms with E-state index >= 15 is 0 Å². The molecule has 4 heteroatoms.